The minimum absolute atomic E-state index is 0.893. The molecule has 78 valence electrons. The highest BCUT2D eigenvalue weighted by Gasteiger charge is 2.40. The van der Waals surface area contributed by atoms with Crippen molar-refractivity contribution < 1.29 is 0 Å². The molecule has 0 radical (unpaired) electrons. The molecule has 1 aliphatic rings. The minimum atomic E-state index is 0.893. The molecule has 0 nitrogen and oxygen atoms in total. The lowest BCUT2D eigenvalue weighted by atomic mass is 9.58. The molecule has 0 amide bonds. The standard InChI is InChI=1S/C13H26/c1-6-10(4)13-11(5)8-12(13)7-9(2)3/h9-13H,6-8H2,1-5H3. The Bertz CT molecular complexity index is 148. The van der Waals surface area contributed by atoms with Gasteiger partial charge in [-0.25, -0.2) is 0 Å². The molecule has 1 fully saturated rings. The fourth-order valence-corrected chi connectivity index (χ4v) is 3.22. The van der Waals surface area contributed by atoms with Crippen LogP contribution in [0.5, 0.6) is 0 Å². The molecule has 0 aromatic rings. The van der Waals surface area contributed by atoms with Crippen molar-refractivity contribution >= 4 is 0 Å². The van der Waals surface area contributed by atoms with E-state index in [0.717, 1.165) is 29.6 Å². The van der Waals surface area contributed by atoms with E-state index < -0.39 is 0 Å². The van der Waals surface area contributed by atoms with E-state index in [1.807, 2.05) is 0 Å². The van der Waals surface area contributed by atoms with Gasteiger partial charge in [0.1, 0.15) is 0 Å². The van der Waals surface area contributed by atoms with E-state index in [1.54, 1.807) is 0 Å². The molecule has 0 aliphatic heterocycles. The molecule has 1 rings (SSSR count). The van der Waals surface area contributed by atoms with Crippen LogP contribution in [0.3, 0.4) is 0 Å². The quantitative estimate of drug-likeness (QED) is 0.606. The summed E-state index contributed by atoms with van der Waals surface area (Å²) in [6.07, 6.45) is 4.32. The van der Waals surface area contributed by atoms with E-state index in [2.05, 4.69) is 34.6 Å². The molecule has 4 unspecified atom stereocenters. The summed E-state index contributed by atoms with van der Waals surface area (Å²) in [7, 11) is 0. The average molecular weight is 182 g/mol. The van der Waals surface area contributed by atoms with Gasteiger partial charge in [-0.3, -0.25) is 0 Å². The molecule has 1 saturated carbocycles. The highest BCUT2D eigenvalue weighted by Crippen LogP contribution is 2.48. The van der Waals surface area contributed by atoms with Crippen LogP contribution in [0.1, 0.15) is 53.9 Å². The van der Waals surface area contributed by atoms with Gasteiger partial charge in [0.05, 0.1) is 0 Å². The van der Waals surface area contributed by atoms with Crippen LogP contribution in [0.4, 0.5) is 0 Å². The third-order valence-corrected chi connectivity index (χ3v) is 3.95. The van der Waals surface area contributed by atoms with Crippen LogP contribution in [0.15, 0.2) is 0 Å². The summed E-state index contributed by atoms with van der Waals surface area (Å²) in [4.78, 5) is 0. The third-order valence-electron chi connectivity index (χ3n) is 3.95. The molecule has 0 aromatic carbocycles. The first-order valence-corrected chi connectivity index (χ1v) is 6.06. The predicted molar refractivity (Wildman–Crippen MR) is 59.7 cm³/mol. The smallest absolute Gasteiger partial charge is 0.0334 e. The van der Waals surface area contributed by atoms with E-state index in [0.29, 0.717) is 0 Å². The Morgan fingerprint density at radius 3 is 2.23 bits per heavy atom. The second-order valence-corrected chi connectivity index (χ2v) is 5.57. The predicted octanol–water partition coefficient (Wildman–Crippen LogP) is 4.35. The van der Waals surface area contributed by atoms with Gasteiger partial charge in [-0.2, -0.15) is 0 Å². The fraction of sp³-hybridized carbons (Fsp3) is 1.00. The van der Waals surface area contributed by atoms with Crippen molar-refractivity contribution in [2.45, 2.75) is 53.9 Å². The summed E-state index contributed by atoms with van der Waals surface area (Å²) < 4.78 is 0. The molecule has 13 heavy (non-hydrogen) atoms. The first-order chi connectivity index (χ1) is 6.06. The Morgan fingerprint density at radius 2 is 1.85 bits per heavy atom. The second-order valence-electron chi connectivity index (χ2n) is 5.57. The molecular formula is C13H26. The minimum Gasteiger partial charge on any atom is -0.0651 e. The van der Waals surface area contributed by atoms with Crippen LogP contribution in [-0.2, 0) is 0 Å². The third kappa shape index (κ3) is 2.48. The molecule has 0 heteroatoms. The zero-order chi connectivity index (χ0) is 10.0. The van der Waals surface area contributed by atoms with Gasteiger partial charge in [0.25, 0.3) is 0 Å². The van der Waals surface area contributed by atoms with Crippen molar-refractivity contribution in [1.82, 2.24) is 0 Å². The van der Waals surface area contributed by atoms with E-state index in [9.17, 15) is 0 Å². The maximum Gasteiger partial charge on any atom is -0.0334 e. The van der Waals surface area contributed by atoms with Crippen molar-refractivity contribution in [2.75, 3.05) is 0 Å². The number of hydrogen-bond acceptors (Lipinski definition) is 0. The highest BCUT2D eigenvalue weighted by molar-refractivity contribution is 4.89. The number of hydrogen-bond donors (Lipinski definition) is 0. The normalized spacial score (nSPS) is 36.0. The van der Waals surface area contributed by atoms with E-state index >= 15 is 0 Å². The summed E-state index contributed by atoms with van der Waals surface area (Å²) in [5.74, 6) is 4.92. The fourth-order valence-electron chi connectivity index (χ4n) is 3.22. The second kappa shape index (κ2) is 4.48. The van der Waals surface area contributed by atoms with Gasteiger partial charge in [0.15, 0.2) is 0 Å². The molecule has 0 N–H and O–H groups in total. The first kappa shape index (κ1) is 11.1. The van der Waals surface area contributed by atoms with Crippen LogP contribution in [0, 0.1) is 29.6 Å². The average Bonchev–Trinajstić information content (AvgIpc) is 2.02. The maximum atomic E-state index is 2.44. The summed E-state index contributed by atoms with van der Waals surface area (Å²) in [5, 5.41) is 0. The molecular weight excluding hydrogens is 156 g/mol. The Labute approximate surface area is 84.1 Å². The lowest BCUT2D eigenvalue weighted by Crippen LogP contribution is -2.39. The van der Waals surface area contributed by atoms with Gasteiger partial charge in [0.2, 0.25) is 0 Å². The molecule has 0 bridgehead atoms. The zero-order valence-electron chi connectivity index (χ0n) is 10.0. The largest absolute Gasteiger partial charge is 0.0651 e. The lowest BCUT2D eigenvalue weighted by molar-refractivity contribution is 0.0208. The van der Waals surface area contributed by atoms with E-state index in [4.69, 9.17) is 0 Å². The van der Waals surface area contributed by atoms with Crippen molar-refractivity contribution in [2.24, 2.45) is 29.6 Å². The maximum absolute atomic E-state index is 2.44. The Balaban J connectivity index is 2.41. The van der Waals surface area contributed by atoms with Crippen molar-refractivity contribution in [3.05, 3.63) is 0 Å². The summed E-state index contributed by atoms with van der Waals surface area (Å²) >= 11 is 0. The lowest BCUT2D eigenvalue weighted by Gasteiger charge is -2.47. The summed E-state index contributed by atoms with van der Waals surface area (Å²) in [6, 6.07) is 0. The topological polar surface area (TPSA) is 0 Å². The summed E-state index contributed by atoms with van der Waals surface area (Å²) in [5.41, 5.74) is 0. The van der Waals surface area contributed by atoms with Gasteiger partial charge in [-0.05, 0) is 42.4 Å². The van der Waals surface area contributed by atoms with Gasteiger partial charge in [-0.15, -0.1) is 0 Å². The SMILES string of the molecule is CCC(C)C1C(C)CC1CC(C)C. The monoisotopic (exact) mass is 182 g/mol. The summed E-state index contributed by atoms with van der Waals surface area (Å²) in [6.45, 7) is 11.9. The van der Waals surface area contributed by atoms with Crippen molar-refractivity contribution in [1.29, 1.82) is 0 Å². The van der Waals surface area contributed by atoms with E-state index in [-0.39, 0.29) is 0 Å². The van der Waals surface area contributed by atoms with Crippen molar-refractivity contribution in [3.63, 3.8) is 0 Å². The van der Waals surface area contributed by atoms with Gasteiger partial charge in [-0.1, -0.05) is 41.0 Å². The first-order valence-electron chi connectivity index (χ1n) is 6.06. The molecule has 4 atom stereocenters. The Morgan fingerprint density at radius 1 is 1.23 bits per heavy atom. The van der Waals surface area contributed by atoms with Gasteiger partial charge >= 0.3 is 0 Å². The Kier molecular flexibility index (Phi) is 3.82. The Hall–Kier alpha value is 0. The highest BCUT2D eigenvalue weighted by atomic mass is 14.4. The molecule has 0 spiro atoms. The van der Waals surface area contributed by atoms with Crippen LogP contribution in [0.2, 0.25) is 0 Å². The van der Waals surface area contributed by atoms with E-state index in [1.165, 1.54) is 19.3 Å². The van der Waals surface area contributed by atoms with Crippen LogP contribution in [0.25, 0.3) is 0 Å². The molecule has 0 saturated heterocycles. The van der Waals surface area contributed by atoms with Gasteiger partial charge < -0.3 is 0 Å². The van der Waals surface area contributed by atoms with Crippen molar-refractivity contribution in [3.8, 4) is 0 Å². The van der Waals surface area contributed by atoms with Gasteiger partial charge in [0, 0.05) is 0 Å². The molecule has 0 aromatic heterocycles. The molecule has 1 aliphatic carbocycles. The zero-order valence-corrected chi connectivity index (χ0v) is 10.0. The van der Waals surface area contributed by atoms with Crippen LogP contribution >= 0.6 is 0 Å². The van der Waals surface area contributed by atoms with Crippen LogP contribution in [-0.4, -0.2) is 0 Å². The van der Waals surface area contributed by atoms with Crippen LogP contribution < -0.4 is 0 Å². The molecule has 0 heterocycles. The number of rotatable bonds is 4.